The van der Waals surface area contributed by atoms with Gasteiger partial charge in [-0.2, -0.15) is 0 Å². The minimum Gasteiger partial charge on any atom is -0.380 e. The van der Waals surface area contributed by atoms with Crippen molar-refractivity contribution in [3.8, 4) is 0 Å². The molecule has 3 heteroatoms. The second-order valence-electron chi connectivity index (χ2n) is 5.19. The minimum atomic E-state index is 0.283. The molecule has 1 fully saturated rings. The summed E-state index contributed by atoms with van der Waals surface area (Å²) in [6.07, 6.45) is 5.56. The molecule has 0 aromatic rings. The van der Waals surface area contributed by atoms with Crippen LogP contribution in [0.1, 0.15) is 39.5 Å². The first-order valence-electron chi connectivity index (χ1n) is 6.56. The number of likely N-dealkylation sites (N-methyl/N-ethyl adjacent to an activating group) is 1. The molecule has 96 valence electrons. The first kappa shape index (κ1) is 13.9. The maximum atomic E-state index is 5.88. The Morgan fingerprint density at radius 2 is 1.94 bits per heavy atom. The third-order valence-electron chi connectivity index (χ3n) is 4.39. The van der Waals surface area contributed by atoms with E-state index in [4.69, 9.17) is 10.5 Å². The molecule has 0 radical (unpaired) electrons. The van der Waals surface area contributed by atoms with E-state index >= 15 is 0 Å². The maximum absolute atomic E-state index is 5.88. The smallest absolute Gasteiger partial charge is 0.0695 e. The average molecular weight is 228 g/mol. The number of nitrogens with two attached hydrogens (primary N) is 1. The van der Waals surface area contributed by atoms with Gasteiger partial charge >= 0.3 is 0 Å². The molecule has 0 saturated heterocycles. The van der Waals surface area contributed by atoms with Crippen molar-refractivity contribution in [2.75, 3.05) is 20.7 Å². The molecule has 3 nitrogen and oxygen atoms in total. The zero-order valence-electron chi connectivity index (χ0n) is 11.3. The van der Waals surface area contributed by atoms with E-state index in [1.165, 1.54) is 25.7 Å². The quantitative estimate of drug-likeness (QED) is 0.780. The lowest BCUT2D eigenvalue weighted by atomic mass is 9.83. The summed E-state index contributed by atoms with van der Waals surface area (Å²) in [4.78, 5) is 2.48. The van der Waals surface area contributed by atoms with Crippen LogP contribution in [0.4, 0.5) is 0 Å². The zero-order chi connectivity index (χ0) is 12.1. The Morgan fingerprint density at radius 1 is 1.31 bits per heavy atom. The van der Waals surface area contributed by atoms with Crippen LogP contribution in [0.2, 0.25) is 0 Å². The summed E-state index contributed by atoms with van der Waals surface area (Å²) in [5.74, 6) is 0.672. The van der Waals surface area contributed by atoms with E-state index in [0.29, 0.717) is 18.0 Å². The van der Waals surface area contributed by atoms with Crippen molar-refractivity contribution >= 4 is 0 Å². The van der Waals surface area contributed by atoms with E-state index in [2.05, 4.69) is 25.8 Å². The van der Waals surface area contributed by atoms with Gasteiger partial charge in [0.1, 0.15) is 0 Å². The number of nitrogens with zero attached hydrogens (tertiary/aromatic N) is 1. The largest absolute Gasteiger partial charge is 0.380 e. The molecule has 4 atom stereocenters. The molecule has 0 amide bonds. The molecule has 0 heterocycles. The maximum Gasteiger partial charge on any atom is 0.0695 e. The lowest BCUT2D eigenvalue weighted by Crippen LogP contribution is -2.50. The molecule has 16 heavy (non-hydrogen) atoms. The highest BCUT2D eigenvalue weighted by Crippen LogP contribution is 2.28. The van der Waals surface area contributed by atoms with E-state index in [-0.39, 0.29) is 6.10 Å². The highest BCUT2D eigenvalue weighted by molar-refractivity contribution is 4.86. The molecule has 4 unspecified atom stereocenters. The number of ether oxygens (including phenoxy) is 1. The fourth-order valence-corrected chi connectivity index (χ4v) is 2.83. The first-order valence-corrected chi connectivity index (χ1v) is 6.56. The Balaban J connectivity index is 2.59. The van der Waals surface area contributed by atoms with Gasteiger partial charge in [0.25, 0.3) is 0 Å². The van der Waals surface area contributed by atoms with Crippen LogP contribution in [0.3, 0.4) is 0 Å². The van der Waals surface area contributed by atoms with E-state index < -0.39 is 0 Å². The van der Waals surface area contributed by atoms with Gasteiger partial charge in [0.15, 0.2) is 0 Å². The molecule has 1 rings (SSSR count). The number of hydrogen-bond acceptors (Lipinski definition) is 3. The van der Waals surface area contributed by atoms with Gasteiger partial charge in [-0.1, -0.05) is 12.8 Å². The fourth-order valence-electron chi connectivity index (χ4n) is 2.83. The van der Waals surface area contributed by atoms with Crippen LogP contribution in [0.5, 0.6) is 0 Å². The number of methoxy groups -OCH3 is 1. The standard InChI is InChI=1S/C13H28N2O/c1-10(11(2)16-4)15(3)13-8-6-5-7-12(13)9-14/h10-13H,5-9,14H2,1-4H3. The lowest BCUT2D eigenvalue weighted by Gasteiger charge is -2.42. The van der Waals surface area contributed by atoms with Crippen molar-refractivity contribution < 1.29 is 4.74 Å². The normalized spacial score (nSPS) is 30.4. The summed E-state index contributed by atoms with van der Waals surface area (Å²) in [5, 5.41) is 0. The molecule has 0 bridgehead atoms. The summed E-state index contributed by atoms with van der Waals surface area (Å²) in [5.41, 5.74) is 5.88. The van der Waals surface area contributed by atoms with Crippen molar-refractivity contribution in [3.05, 3.63) is 0 Å². The molecule has 1 saturated carbocycles. The third kappa shape index (κ3) is 3.19. The molecule has 0 spiro atoms. The van der Waals surface area contributed by atoms with Crippen LogP contribution in [0, 0.1) is 5.92 Å². The molecule has 0 aromatic carbocycles. The van der Waals surface area contributed by atoms with E-state index in [1.54, 1.807) is 7.11 Å². The topological polar surface area (TPSA) is 38.5 Å². The van der Waals surface area contributed by atoms with Crippen molar-refractivity contribution in [1.82, 2.24) is 4.90 Å². The monoisotopic (exact) mass is 228 g/mol. The van der Waals surface area contributed by atoms with Crippen LogP contribution >= 0.6 is 0 Å². The highest BCUT2D eigenvalue weighted by Gasteiger charge is 2.31. The van der Waals surface area contributed by atoms with Crippen molar-refractivity contribution in [3.63, 3.8) is 0 Å². The molecular weight excluding hydrogens is 200 g/mol. The fraction of sp³-hybridized carbons (Fsp3) is 1.00. The number of hydrogen-bond donors (Lipinski definition) is 1. The third-order valence-corrected chi connectivity index (χ3v) is 4.39. The average Bonchev–Trinajstić information content (AvgIpc) is 2.35. The second kappa shape index (κ2) is 6.58. The van der Waals surface area contributed by atoms with Crippen molar-refractivity contribution in [2.24, 2.45) is 11.7 Å². The lowest BCUT2D eigenvalue weighted by molar-refractivity contribution is 0.00613. The zero-order valence-corrected chi connectivity index (χ0v) is 11.3. The summed E-state index contributed by atoms with van der Waals surface area (Å²) in [6.45, 7) is 5.21. The van der Waals surface area contributed by atoms with Gasteiger partial charge in [0, 0.05) is 19.2 Å². The Labute approximate surface area is 100 Å². The van der Waals surface area contributed by atoms with Crippen molar-refractivity contribution in [2.45, 2.75) is 57.7 Å². The molecule has 2 N–H and O–H groups in total. The van der Waals surface area contributed by atoms with Gasteiger partial charge in [0.05, 0.1) is 6.10 Å². The van der Waals surface area contributed by atoms with Crippen LogP contribution in [-0.2, 0) is 4.74 Å². The van der Waals surface area contributed by atoms with Gasteiger partial charge in [-0.3, -0.25) is 4.90 Å². The summed E-state index contributed by atoms with van der Waals surface area (Å²) < 4.78 is 5.42. The number of rotatable bonds is 5. The van der Waals surface area contributed by atoms with Crippen LogP contribution < -0.4 is 5.73 Å². The predicted octanol–water partition coefficient (Wildman–Crippen LogP) is 1.86. The highest BCUT2D eigenvalue weighted by atomic mass is 16.5. The van der Waals surface area contributed by atoms with Crippen LogP contribution in [0.15, 0.2) is 0 Å². The molecule has 0 aliphatic heterocycles. The predicted molar refractivity (Wildman–Crippen MR) is 68.5 cm³/mol. The van der Waals surface area contributed by atoms with Gasteiger partial charge in [0.2, 0.25) is 0 Å². The summed E-state index contributed by atoms with van der Waals surface area (Å²) >= 11 is 0. The van der Waals surface area contributed by atoms with Crippen LogP contribution in [0.25, 0.3) is 0 Å². The van der Waals surface area contributed by atoms with Gasteiger partial charge in [-0.05, 0) is 46.2 Å². The second-order valence-corrected chi connectivity index (χ2v) is 5.19. The van der Waals surface area contributed by atoms with E-state index in [0.717, 1.165) is 6.54 Å². The Bertz CT molecular complexity index is 198. The van der Waals surface area contributed by atoms with Gasteiger partial charge in [-0.15, -0.1) is 0 Å². The van der Waals surface area contributed by atoms with Crippen molar-refractivity contribution in [1.29, 1.82) is 0 Å². The first-order chi connectivity index (χ1) is 7.61. The van der Waals surface area contributed by atoms with Gasteiger partial charge in [-0.25, -0.2) is 0 Å². The summed E-state index contributed by atoms with van der Waals surface area (Å²) in [6, 6.07) is 1.11. The minimum absolute atomic E-state index is 0.283. The molecular formula is C13H28N2O. The van der Waals surface area contributed by atoms with Crippen LogP contribution in [-0.4, -0.2) is 43.8 Å². The summed E-state index contributed by atoms with van der Waals surface area (Å²) in [7, 11) is 4.01. The van der Waals surface area contributed by atoms with E-state index in [9.17, 15) is 0 Å². The Morgan fingerprint density at radius 3 is 2.50 bits per heavy atom. The molecule has 0 aromatic heterocycles. The Kier molecular flexibility index (Phi) is 5.73. The van der Waals surface area contributed by atoms with Gasteiger partial charge < -0.3 is 10.5 Å². The van der Waals surface area contributed by atoms with E-state index in [1.807, 2.05) is 0 Å². The SMILES string of the molecule is COC(C)C(C)N(C)C1CCCCC1CN. The Hall–Kier alpha value is -0.120. The molecule has 1 aliphatic carbocycles. The molecule has 1 aliphatic rings.